The van der Waals surface area contributed by atoms with Gasteiger partial charge in [0.2, 0.25) is 0 Å². The summed E-state index contributed by atoms with van der Waals surface area (Å²) in [6, 6.07) is 4.01. The topological polar surface area (TPSA) is 64.6 Å². The number of benzene rings is 1. The molecule has 0 aromatic heterocycles. The SMILES string of the molecule is CCOC(=O)C1=C(C)NC(C)=C2C(=O)Oc3c(Cl)cc(C4CCCCC4)cc3[C@H]12. The number of allylic oxidation sites excluding steroid dienone is 2. The maximum absolute atomic E-state index is 12.8. The van der Waals surface area contributed by atoms with Gasteiger partial charge in [0.05, 0.1) is 28.7 Å². The highest BCUT2D eigenvalue weighted by atomic mass is 35.5. The molecule has 29 heavy (non-hydrogen) atoms. The molecular weight excluding hydrogens is 390 g/mol. The second-order valence-electron chi connectivity index (χ2n) is 8.00. The van der Waals surface area contributed by atoms with Gasteiger partial charge in [-0.3, -0.25) is 0 Å². The summed E-state index contributed by atoms with van der Waals surface area (Å²) in [4.78, 5) is 25.7. The lowest BCUT2D eigenvalue weighted by Crippen LogP contribution is -2.36. The summed E-state index contributed by atoms with van der Waals surface area (Å²) in [5, 5.41) is 3.57. The van der Waals surface area contributed by atoms with Crippen LogP contribution in [0.5, 0.6) is 5.75 Å². The molecule has 1 saturated carbocycles. The van der Waals surface area contributed by atoms with Crippen molar-refractivity contribution in [3.63, 3.8) is 0 Å². The predicted molar refractivity (Wildman–Crippen MR) is 111 cm³/mol. The van der Waals surface area contributed by atoms with Crippen molar-refractivity contribution in [2.24, 2.45) is 0 Å². The molecule has 1 N–H and O–H groups in total. The van der Waals surface area contributed by atoms with E-state index >= 15 is 0 Å². The number of carbonyl (C=O) groups excluding carboxylic acids is 2. The van der Waals surface area contributed by atoms with Crippen molar-refractivity contribution < 1.29 is 19.1 Å². The molecule has 0 amide bonds. The summed E-state index contributed by atoms with van der Waals surface area (Å²) in [6.45, 7) is 5.69. The van der Waals surface area contributed by atoms with Gasteiger partial charge in [-0.2, -0.15) is 0 Å². The normalized spacial score (nSPS) is 21.9. The van der Waals surface area contributed by atoms with Gasteiger partial charge < -0.3 is 14.8 Å². The lowest BCUT2D eigenvalue weighted by molar-refractivity contribution is -0.139. The molecule has 1 aliphatic carbocycles. The maximum Gasteiger partial charge on any atom is 0.342 e. The Kier molecular flexibility index (Phi) is 5.43. The van der Waals surface area contributed by atoms with Crippen LogP contribution >= 0.6 is 11.6 Å². The molecule has 0 unspecified atom stereocenters. The Morgan fingerprint density at radius 3 is 2.62 bits per heavy atom. The highest BCUT2D eigenvalue weighted by molar-refractivity contribution is 6.32. The molecule has 0 radical (unpaired) electrons. The highest BCUT2D eigenvalue weighted by Crippen LogP contribution is 2.50. The van der Waals surface area contributed by atoms with E-state index < -0.39 is 17.9 Å². The van der Waals surface area contributed by atoms with Crippen LogP contribution in [0.15, 0.2) is 34.7 Å². The predicted octanol–water partition coefficient (Wildman–Crippen LogP) is 5.10. The molecule has 154 valence electrons. The van der Waals surface area contributed by atoms with Crippen LogP contribution < -0.4 is 10.1 Å². The van der Waals surface area contributed by atoms with E-state index in [1.54, 1.807) is 6.92 Å². The number of ether oxygens (including phenoxy) is 2. The summed E-state index contributed by atoms with van der Waals surface area (Å²) in [5.41, 5.74) is 4.20. The van der Waals surface area contributed by atoms with E-state index in [9.17, 15) is 9.59 Å². The van der Waals surface area contributed by atoms with Crippen molar-refractivity contribution in [3.05, 3.63) is 50.8 Å². The van der Waals surface area contributed by atoms with Crippen molar-refractivity contribution in [1.82, 2.24) is 5.32 Å². The minimum Gasteiger partial charge on any atom is -0.463 e. The average Bonchev–Trinajstić information content (AvgIpc) is 2.69. The minimum absolute atomic E-state index is 0.264. The van der Waals surface area contributed by atoms with E-state index in [0.29, 0.717) is 39.2 Å². The third kappa shape index (κ3) is 3.46. The monoisotopic (exact) mass is 415 g/mol. The third-order valence-electron chi connectivity index (χ3n) is 6.15. The van der Waals surface area contributed by atoms with E-state index in [0.717, 1.165) is 24.0 Å². The Labute approximate surface area is 176 Å². The molecule has 1 fully saturated rings. The largest absolute Gasteiger partial charge is 0.463 e. The molecular formula is C23H26ClNO4. The standard InChI is InChI=1S/C23H26ClNO4/c1-4-28-22(26)18-12(2)25-13(3)19-20(18)16-10-15(14-8-6-5-7-9-14)11-17(24)21(16)29-23(19)27/h10-11,14,20,25H,4-9H2,1-3H3/t20-/m1/s1. The number of carbonyl (C=O) groups is 2. The van der Waals surface area contributed by atoms with E-state index in [4.69, 9.17) is 21.1 Å². The van der Waals surface area contributed by atoms with Gasteiger partial charge in [0.1, 0.15) is 0 Å². The van der Waals surface area contributed by atoms with Gasteiger partial charge in [-0.05, 0) is 51.2 Å². The van der Waals surface area contributed by atoms with Gasteiger partial charge in [0, 0.05) is 17.0 Å². The first-order valence-electron chi connectivity index (χ1n) is 10.3. The number of rotatable bonds is 3. The van der Waals surface area contributed by atoms with Crippen molar-refractivity contribution in [3.8, 4) is 5.75 Å². The second kappa shape index (κ2) is 7.86. The number of hydrogen-bond acceptors (Lipinski definition) is 5. The molecule has 1 atom stereocenters. The Morgan fingerprint density at radius 1 is 1.21 bits per heavy atom. The van der Waals surface area contributed by atoms with Gasteiger partial charge in [0.15, 0.2) is 5.75 Å². The van der Waals surface area contributed by atoms with Gasteiger partial charge in [-0.1, -0.05) is 36.9 Å². The summed E-state index contributed by atoms with van der Waals surface area (Å²) in [6.07, 6.45) is 5.94. The second-order valence-corrected chi connectivity index (χ2v) is 8.41. The van der Waals surface area contributed by atoms with E-state index in [2.05, 4.69) is 11.4 Å². The molecule has 5 nitrogen and oxygen atoms in total. The number of dihydropyridines is 1. The third-order valence-corrected chi connectivity index (χ3v) is 6.43. The zero-order valence-corrected chi connectivity index (χ0v) is 17.8. The number of esters is 2. The fourth-order valence-electron chi connectivity index (χ4n) is 4.83. The van der Waals surface area contributed by atoms with Crippen LogP contribution in [0.4, 0.5) is 0 Å². The zero-order chi connectivity index (χ0) is 20.7. The fraction of sp³-hybridized carbons (Fsp3) is 0.478. The lowest BCUT2D eigenvalue weighted by Gasteiger charge is -2.35. The van der Waals surface area contributed by atoms with E-state index in [1.165, 1.54) is 19.3 Å². The Bertz CT molecular complexity index is 940. The molecule has 2 heterocycles. The Hall–Kier alpha value is -2.27. The molecule has 4 rings (SSSR count). The lowest BCUT2D eigenvalue weighted by atomic mass is 9.76. The number of hydrogen-bond donors (Lipinski definition) is 1. The Morgan fingerprint density at radius 2 is 1.93 bits per heavy atom. The van der Waals surface area contributed by atoms with Crippen molar-refractivity contribution in [2.45, 2.75) is 64.7 Å². The first kappa shape index (κ1) is 20.0. The van der Waals surface area contributed by atoms with Crippen LogP contribution in [0.1, 0.15) is 75.8 Å². The molecule has 6 heteroatoms. The molecule has 3 aliphatic rings. The fourth-order valence-corrected chi connectivity index (χ4v) is 5.11. The summed E-state index contributed by atoms with van der Waals surface area (Å²) in [7, 11) is 0. The van der Waals surface area contributed by atoms with Crippen LogP contribution in [-0.2, 0) is 14.3 Å². The van der Waals surface area contributed by atoms with Gasteiger partial charge >= 0.3 is 11.9 Å². The van der Waals surface area contributed by atoms with Crippen molar-refractivity contribution in [2.75, 3.05) is 6.61 Å². The van der Waals surface area contributed by atoms with Crippen LogP contribution in [0, 0.1) is 0 Å². The van der Waals surface area contributed by atoms with Crippen molar-refractivity contribution in [1.29, 1.82) is 0 Å². The van der Waals surface area contributed by atoms with Crippen molar-refractivity contribution >= 4 is 23.5 Å². The average molecular weight is 416 g/mol. The highest BCUT2D eigenvalue weighted by Gasteiger charge is 2.43. The quantitative estimate of drug-likeness (QED) is 0.549. The molecule has 0 spiro atoms. The van der Waals surface area contributed by atoms with Crippen LogP contribution in [0.2, 0.25) is 5.02 Å². The van der Waals surface area contributed by atoms with Gasteiger partial charge in [-0.25, -0.2) is 9.59 Å². The molecule has 1 aromatic rings. The maximum atomic E-state index is 12.8. The van der Waals surface area contributed by atoms with Gasteiger partial charge in [0.25, 0.3) is 0 Å². The molecule has 2 aliphatic heterocycles. The first-order valence-corrected chi connectivity index (χ1v) is 10.7. The molecule has 0 saturated heterocycles. The molecule has 1 aromatic carbocycles. The number of fused-ring (bicyclic) bond motifs is 3. The summed E-state index contributed by atoms with van der Waals surface area (Å²) < 4.78 is 10.9. The first-order chi connectivity index (χ1) is 13.9. The van der Waals surface area contributed by atoms with E-state index in [1.807, 2.05) is 19.9 Å². The summed E-state index contributed by atoms with van der Waals surface area (Å²) in [5.74, 6) is -0.640. The number of nitrogens with one attached hydrogen (secondary N) is 1. The summed E-state index contributed by atoms with van der Waals surface area (Å²) >= 11 is 6.58. The Balaban J connectivity index is 1.89. The molecule has 0 bridgehead atoms. The minimum atomic E-state index is -0.535. The smallest absolute Gasteiger partial charge is 0.342 e. The van der Waals surface area contributed by atoms with Crippen LogP contribution in [-0.4, -0.2) is 18.5 Å². The van der Waals surface area contributed by atoms with E-state index in [-0.39, 0.29) is 6.61 Å². The van der Waals surface area contributed by atoms with Crippen LogP contribution in [0.25, 0.3) is 0 Å². The number of halogens is 1. The zero-order valence-electron chi connectivity index (χ0n) is 17.1. The van der Waals surface area contributed by atoms with Gasteiger partial charge in [-0.15, -0.1) is 0 Å². The van der Waals surface area contributed by atoms with Crippen LogP contribution in [0.3, 0.4) is 0 Å².